The zero-order valence-electron chi connectivity index (χ0n) is 5.68. The minimum absolute atomic E-state index is 0.433. The molecule has 0 aromatic heterocycles. The molecular weight excluding hydrogens is 130 g/mol. The van der Waals surface area contributed by atoms with Crippen LogP contribution in [0.1, 0.15) is 13.8 Å². The van der Waals surface area contributed by atoms with Gasteiger partial charge in [-0.2, -0.15) is 0 Å². The molecule has 0 fully saturated rings. The van der Waals surface area contributed by atoms with Crippen LogP contribution in [0, 0.1) is 0 Å². The van der Waals surface area contributed by atoms with Crippen LogP contribution in [-0.4, -0.2) is 6.04 Å². The third-order valence-corrected chi connectivity index (χ3v) is 1.52. The van der Waals surface area contributed by atoms with Gasteiger partial charge in [0.15, 0.2) is 0 Å². The Balaban J connectivity index is 2.74. The van der Waals surface area contributed by atoms with Gasteiger partial charge in [0, 0.05) is 16.6 Å². The van der Waals surface area contributed by atoms with Crippen molar-refractivity contribution in [2.75, 3.05) is 0 Å². The van der Waals surface area contributed by atoms with Gasteiger partial charge in [0.2, 0.25) is 0 Å². The van der Waals surface area contributed by atoms with Gasteiger partial charge < -0.3 is 5.32 Å². The largest absolute Gasteiger partial charge is 0.383 e. The van der Waals surface area contributed by atoms with E-state index in [9.17, 15) is 0 Å². The van der Waals surface area contributed by atoms with Crippen LogP contribution in [0.25, 0.3) is 0 Å². The summed E-state index contributed by atoms with van der Waals surface area (Å²) in [5.74, 6) is 0. The lowest BCUT2D eigenvalue weighted by atomic mass is 10.2. The highest BCUT2D eigenvalue weighted by molar-refractivity contribution is 7.84. The summed E-state index contributed by atoms with van der Waals surface area (Å²) in [4.78, 5) is 1.05. The van der Waals surface area contributed by atoms with Crippen molar-refractivity contribution < 1.29 is 0 Å². The molecule has 1 unspecified atom stereocenters. The Hall–Kier alpha value is -0.370. The smallest absolute Gasteiger partial charge is 0.0426 e. The fraction of sp³-hybridized carbons (Fsp3) is 0.429. The summed E-state index contributed by atoms with van der Waals surface area (Å²) in [5, 5.41) is 3.25. The molecule has 50 valence electrons. The summed E-state index contributed by atoms with van der Waals surface area (Å²) in [6.45, 7) is 4.15. The maximum absolute atomic E-state index is 4.22. The summed E-state index contributed by atoms with van der Waals surface area (Å²) in [7, 11) is 0. The molecule has 9 heavy (non-hydrogen) atoms. The molecule has 1 heterocycles. The highest BCUT2D eigenvalue weighted by Crippen LogP contribution is 2.11. The van der Waals surface area contributed by atoms with Crippen LogP contribution in [0.2, 0.25) is 0 Å². The minimum Gasteiger partial charge on any atom is -0.383 e. The van der Waals surface area contributed by atoms with E-state index in [1.54, 1.807) is 0 Å². The molecular formula is C7H11NS. The topological polar surface area (TPSA) is 12.0 Å². The van der Waals surface area contributed by atoms with E-state index in [-0.39, 0.29) is 0 Å². The van der Waals surface area contributed by atoms with Crippen LogP contribution in [0.15, 0.2) is 22.8 Å². The third-order valence-electron chi connectivity index (χ3n) is 1.24. The highest BCUT2D eigenvalue weighted by atomic mass is 32.1. The second-order valence-electron chi connectivity index (χ2n) is 2.35. The highest BCUT2D eigenvalue weighted by Gasteiger charge is 2.02. The Morgan fingerprint density at radius 1 is 1.67 bits per heavy atom. The quantitative estimate of drug-likeness (QED) is 0.489. The Morgan fingerprint density at radius 3 is 2.78 bits per heavy atom. The zero-order valence-corrected chi connectivity index (χ0v) is 6.57. The predicted molar refractivity (Wildman–Crippen MR) is 43.4 cm³/mol. The van der Waals surface area contributed by atoms with E-state index in [1.807, 2.05) is 13.0 Å². The molecule has 1 nitrogen and oxygen atoms in total. The van der Waals surface area contributed by atoms with E-state index in [1.165, 1.54) is 5.70 Å². The second-order valence-corrected chi connectivity index (χ2v) is 2.87. The Bertz CT molecular complexity index is 170. The van der Waals surface area contributed by atoms with Crippen molar-refractivity contribution in [3.8, 4) is 0 Å². The summed E-state index contributed by atoms with van der Waals surface area (Å²) in [6, 6.07) is 0.433. The monoisotopic (exact) mass is 141 g/mol. The van der Waals surface area contributed by atoms with E-state index in [0.29, 0.717) is 6.04 Å². The normalized spacial score (nSPS) is 26.3. The van der Waals surface area contributed by atoms with Crippen LogP contribution in [0.4, 0.5) is 0 Å². The molecule has 0 aromatic carbocycles. The van der Waals surface area contributed by atoms with Gasteiger partial charge in [0.25, 0.3) is 0 Å². The van der Waals surface area contributed by atoms with Crippen molar-refractivity contribution in [3.63, 3.8) is 0 Å². The van der Waals surface area contributed by atoms with Crippen molar-refractivity contribution in [2.45, 2.75) is 19.9 Å². The molecule has 0 aliphatic carbocycles. The number of allylic oxidation sites excluding steroid dienone is 2. The van der Waals surface area contributed by atoms with Crippen molar-refractivity contribution in [2.24, 2.45) is 0 Å². The van der Waals surface area contributed by atoms with Gasteiger partial charge >= 0.3 is 0 Å². The molecule has 1 N–H and O–H groups in total. The van der Waals surface area contributed by atoms with Crippen LogP contribution >= 0.6 is 12.6 Å². The van der Waals surface area contributed by atoms with Crippen molar-refractivity contribution in [3.05, 3.63) is 22.8 Å². The average molecular weight is 141 g/mol. The number of hydrogen-bond acceptors (Lipinski definition) is 2. The Labute approximate surface area is 61.2 Å². The van der Waals surface area contributed by atoms with E-state index in [4.69, 9.17) is 0 Å². The SMILES string of the molecule is CC1=CC(S)=CC(C)N1. The van der Waals surface area contributed by atoms with E-state index < -0.39 is 0 Å². The van der Waals surface area contributed by atoms with Crippen LogP contribution < -0.4 is 5.32 Å². The van der Waals surface area contributed by atoms with Crippen LogP contribution in [0.5, 0.6) is 0 Å². The molecule has 0 saturated carbocycles. The zero-order chi connectivity index (χ0) is 6.85. The second kappa shape index (κ2) is 2.48. The molecule has 0 amide bonds. The molecule has 0 bridgehead atoms. The molecule has 1 rings (SSSR count). The third kappa shape index (κ3) is 1.79. The molecule has 2 heteroatoms. The number of dihydropyridines is 1. The minimum atomic E-state index is 0.433. The molecule has 1 aliphatic rings. The molecule has 0 aromatic rings. The summed E-state index contributed by atoms with van der Waals surface area (Å²) >= 11 is 4.22. The maximum atomic E-state index is 4.22. The average Bonchev–Trinajstić information content (AvgIpc) is 1.59. The molecule has 0 radical (unpaired) electrons. The van der Waals surface area contributed by atoms with Gasteiger partial charge in [0.05, 0.1) is 0 Å². The summed E-state index contributed by atoms with van der Waals surface area (Å²) < 4.78 is 0. The standard InChI is InChI=1S/C7H11NS/c1-5-3-7(9)4-6(2)8-5/h3-5,8-9H,1-2H3. The Morgan fingerprint density at radius 2 is 2.33 bits per heavy atom. The first-order chi connectivity index (χ1) is 4.18. The first kappa shape index (κ1) is 6.75. The molecule has 0 spiro atoms. The van der Waals surface area contributed by atoms with Gasteiger partial charge in [-0.25, -0.2) is 0 Å². The van der Waals surface area contributed by atoms with Gasteiger partial charge in [-0.3, -0.25) is 0 Å². The van der Waals surface area contributed by atoms with Crippen LogP contribution in [-0.2, 0) is 0 Å². The van der Waals surface area contributed by atoms with Gasteiger partial charge in [-0.1, -0.05) is 0 Å². The lowest BCUT2D eigenvalue weighted by molar-refractivity contribution is 0.717. The van der Waals surface area contributed by atoms with Gasteiger partial charge in [-0.15, -0.1) is 12.6 Å². The lowest BCUT2D eigenvalue weighted by Crippen LogP contribution is -2.24. The fourth-order valence-corrected chi connectivity index (χ4v) is 1.39. The fourth-order valence-electron chi connectivity index (χ4n) is 0.969. The molecule has 1 aliphatic heterocycles. The number of thiol groups is 1. The van der Waals surface area contributed by atoms with E-state index in [0.717, 1.165) is 4.91 Å². The van der Waals surface area contributed by atoms with Crippen molar-refractivity contribution >= 4 is 12.6 Å². The van der Waals surface area contributed by atoms with Gasteiger partial charge in [-0.05, 0) is 26.0 Å². The first-order valence-corrected chi connectivity index (χ1v) is 3.49. The van der Waals surface area contributed by atoms with E-state index >= 15 is 0 Å². The van der Waals surface area contributed by atoms with Gasteiger partial charge in [0.1, 0.15) is 0 Å². The number of nitrogens with one attached hydrogen (secondary N) is 1. The maximum Gasteiger partial charge on any atom is 0.0426 e. The Kier molecular flexibility index (Phi) is 1.86. The number of hydrogen-bond donors (Lipinski definition) is 2. The summed E-state index contributed by atoms with van der Waals surface area (Å²) in [6.07, 6.45) is 4.10. The van der Waals surface area contributed by atoms with Crippen molar-refractivity contribution in [1.29, 1.82) is 0 Å². The van der Waals surface area contributed by atoms with E-state index in [2.05, 4.69) is 30.9 Å². The lowest BCUT2D eigenvalue weighted by Gasteiger charge is -2.16. The summed E-state index contributed by atoms with van der Waals surface area (Å²) in [5.41, 5.74) is 1.19. The number of rotatable bonds is 0. The first-order valence-electron chi connectivity index (χ1n) is 3.04. The predicted octanol–water partition coefficient (Wildman–Crippen LogP) is 1.70. The van der Waals surface area contributed by atoms with Crippen LogP contribution in [0.3, 0.4) is 0 Å². The van der Waals surface area contributed by atoms with Crippen molar-refractivity contribution in [1.82, 2.24) is 5.32 Å². The molecule has 0 saturated heterocycles. The molecule has 1 atom stereocenters.